The fourth-order valence-electron chi connectivity index (χ4n) is 2.69. The number of hydrogen-bond acceptors (Lipinski definition) is 1. The van der Waals surface area contributed by atoms with Crippen LogP contribution in [0.3, 0.4) is 0 Å². The molecule has 3 rings (SSSR count). The van der Waals surface area contributed by atoms with E-state index in [1.165, 1.54) is 0 Å². The molecular weight excluding hydrogens is 287 g/mol. The van der Waals surface area contributed by atoms with E-state index in [4.69, 9.17) is 4.74 Å². The molecule has 0 N–H and O–H groups in total. The number of benzene rings is 3. The minimum Gasteiger partial charge on any atom is -0.490 e. The first-order valence-corrected chi connectivity index (χ1v) is 7.78. The smallest absolute Gasteiger partial charge is 0.134 e. The van der Waals surface area contributed by atoms with Gasteiger partial charge in [-0.25, -0.2) is 4.39 Å². The Bertz CT molecular complexity index is 834. The monoisotopic (exact) mass is 306 g/mol. The topological polar surface area (TPSA) is 9.23 Å². The first-order chi connectivity index (χ1) is 11.2. The minimum absolute atomic E-state index is 0.107. The molecule has 0 fully saturated rings. The molecule has 0 spiro atoms. The van der Waals surface area contributed by atoms with Gasteiger partial charge in [-0.1, -0.05) is 56.0 Å². The summed E-state index contributed by atoms with van der Waals surface area (Å²) in [4.78, 5) is 0. The molecule has 0 aromatic heterocycles. The summed E-state index contributed by atoms with van der Waals surface area (Å²) in [7, 11) is 0. The van der Waals surface area contributed by atoms with Gasteiger partial charge in [0.2, 0.25) is 0 Å². The molecule has 0 unspecified atom stereocenters. The Labute approximate surface area is 136 Å². The van der Waals surface area contributed by atoms with Gasteiger partial charge in [-0.2, -0.15) is 0 Å². The van der Waals surface area contributed by atoms with Crippen molar-refractivity contribution in [2.75, 3.05) is 6.61 Å². The van der Waals surface area contributed by atoms with Crippen molar-refractivity contribution < 1.29 is 9.13 Å². The van der Waals surface area contributed by atoms with Gasteiger partial charge in [-0.05, 0) is 46.7 Å². The Kier molecular flexibility index (Phi) is 4.42. The van der Waals surface area contributed by atoms with Crippen LogP contribution in [0.4, 0.5) is 4.39 Å². The summed E-state index contributed by atoms with van der Waals surface area (Å²) < 4.78 is 19.8. The van der Waals surface area contributed by atoms with Crippen molar-refractivity contribution in [3.8, 4) is 16.9 Å². The molecule has 0 aliphatic heterocycles. The maximum atomic E-state index is 14.4. The lowest BCUT2D eigenvalue weighted by Gasteiger charge is -2.08. The standard InChI is InChI=1S/C21H19FO/c1-3-13-23-19-10-7-16(8-11-19)17-9-12-20-18(14-17)6-5-15(4-2)21(20)22/h3,5-12,14H,1,4,13H2,2H3. The second kappa shape index (κ2) is 6.66. The SMILES string of the molecule is C=CCOc1ccc(-c2ccc3c(F)c(CC)ccc3c2)cc1. The first-order valence-electron chi connectivity index (χ1n) is 7.78. The summed E-state index contributed by atoms with van der Waals surface area (Å²) in [6.45, 7) is 6.09. The van der Waals surface area contributed by atoms with Crippen LogP contribution in [0.5, 0.6) is 5.75 Å². The Hall–Kier alpha value is -2.61. The van der Waals surface area contributed by atoms with Gasteiger partial charge in [-0.3, -0.25) is 0 Å². The van der Waals surface area contributed by atoms with Crippen LogP contribution in [-0.2, 0) is 6.42 Å². The largest absolute Gasteiger partial charge is 0.490 e. The van der Waals surface area contributed by atoms with E-state index in [9.17, 15) is 4.39 Å². The number of halogens is 1. The quantitative estimate of drug-likeness (QED) is 0.543. The molecule has 0 aliphatic rings. The third kappa shape index (κ3) is 3.11. The zero-order valence-corrected chi connectivity index (χ0v) is 13.2. The second-order valence-corrected chi connectivity index (χ2v) is 5.45. The number of ether oxygens (including phenoxy) is 1. The van der Waals surface area contributed by atoms with E-state index in [0.29, 0.717) is 18.4 Å². The molecule has 2 heteroatoms. The van der Waals surface area contributed by atoms with Crippen LogP contribution in [0.25, 0.3) is 21.9 Å². The molecule has 1 nitrogen and oxygen atoms in total. The number of rotatable bonds is 5. The van der Waals surface area contributed by atoms with Crippen LogP contribution in [0.2, 0.25) is 0 Å². The molecule has 0 aliphatic carbocycles. The zero-order chi connectivity index (χ0) is 16.2. The minimum atomic E-state index is -0.107. The maximum absolute atomic E-state index is 14.4. The molecule has 116 valence electrons. The molecule has 0 atom stereocenters. The van der Waals surface area contributed by atoms with Crippen molar-refractivity contribution in [1.82, 2.24) is 0 Å². The molecule has 3 aromatic carbocycles. The molecule has 0 bridgehead atoms. The van der Waals surface area contributed by atoms with Gasteiger partial charge in [0.25, 0.3) is 0 Å². The zero-order valence-electron chi connectivity index (χ0n) is 13.2. The summed E-state index contributed by atoms with van der Waals surface area (Å²) >= 11 is 0. The fourth-order valence-corrected chi connectivity index (χ4v) is 2.69. The Morgan fingerprint density at radius 1 is 1.00 bits per heavy atom. The van der Waals surface area contributed by atoms with Gasteiger partial charge in [0, 0.05) is 5.39 Å². The number of hydrogen-bond donors (Lipinski definition) is 0. The maximum Gasteiger partial charge on any atom is 0.134 e. The molecule has 0 heterocycles. The molecule has 0 saturated heterocycles. The van der Waals surface area contributed by atoms with E-state index in [1.54, 1.807) is 6.08 Å². The van der Waals surface area contributed by atoms with Gasteiger partial charge in [0.15, 0.2) is 0 Å². The average molecular weight is 306 g/mol. The molecule has 3 aromatic rings. The van der Waals surface area contributed by atoms with E-state index in [-0.39, 0.29) is 5.82 Å². The van der Waals surface area contributed by atoms with E-state index in [2.05, 4.69) is 6.58 Å². The molecule has 0 radical (unpaired) electrons. The van der Waals surface area contributed by atoms with Crippen molar-refractivity contribution in [3.63, 3.8) is 0 Å². The van der Waals surface area contributed by atoms with Crippen LogP contribution in [-0.4, -0.2) is 6.61 Å². The normalized spacial score (nSPS) is 10.7. The van der Waals surface area contributed by atoms with E-state index < -0.39 is 0 Å². The summed E-state index contributed by atoms with van der Waals surface area (Å²) in [5.41, 5.74) is 2.91. The van der Waals surface area contributed by atoms with Gasteiger partial charge < -0.3 is 4.74 Å². The summed E-state index contributed by atoms with van der Waals surface area (Å²) in [5, 5.41) is 1.60. The predicted octanol–water partition coefficient (Wildman–Crippen LogP) is 5.77. The predicted molar refractivity (Wildman–Crippen MR) is 94.4 cm³/mol. The molecule has 0 saturated carbocycles. The van der Waals surface area contributed by atoms with Gasteiger partial charge >= 0.3 is 0 Å². The Balaban J connectivity index is 1.95. The lowest BCUT2D eigenvalue weighted by atomic mass is 9.99. The highest BCUT2D eigenvalue weighted by molar-refractivity contribution is 5.88. The van der Waals surface area contributed by atoms with Gasteiger partial charge in [-0.15, -0.1) is 0 Å². The van der Waals surface area contributed by atoms with Gasteiger partial charge in [0.05, 0.1) is 0 Å². The highest BCUT2D eigenvalue weighted by Crippen LogP contribution is 2.28. The average Bonchev–Trinajstić information content (AvgIpc) is 2.60. The second-order valence-electron chi connectivity index (χ2n) is 5.45. The van der Waals surface area contributed by atoms with Crippen molar-refractivity contribution in [1.29, 1.82) is 0 Å². The summed E-state index contributed by atoms with van der Waals surface area (Å²) in [6.07, 6.45) is 2.42. The third-order valence-corrected chi connectivity index (χ3v) is 3.97. The van der Waals surface area contributed by atoms with Gasteiger partial charge in [0.1, 0.15) is 18.2 Å². The number of aryl methyl sites for hydroxylation is 1. The van der Waals surface area contributed by atoms with E-state index in [1.807, 2.05) is 61.5 Å². The van der Waals surface area contributed by atoms with Crippen LogP contribution < -0.4 is 4.74 Å². The van der Waals surface area contributed by atoms with Crippen molar-refractivity contribution in [2.45, 2.75) is 13.3 Å². The third-order valence-electron chi connectivity index (χ3n) is 3.97. The molecule has 23 heavy (non-hydrogen) atoms. The molecular formula is C21H19FO. The van der Waals surface area contributed by atoms with Crippen molar-refractivity contribution in [3.05, 3.63) is 78.6 Å². The lowest BCUT2D eigenvalue weighted by molar-refractivity contribution is 0.363. The van der Waals surface area contributed by atoms with Crippen molar-refractivity contribution in [2.24, 2.45) is 0 Å². The first kappa shape index (κ1) is 15.3. The molecule has 0 amide bonds. The fraction of sp³-hybridized carbons (Fsp3) is 0.143. The van der Waals surface area contributed by atoms with Crippen LogP contribution in [0.15, 0.2) is 67.3 Å². The lowest BCUT2D eigenvalue weighted by Crippen LogP contribution is -1.92. The van der Waals surface area contributed by atoms with E-state index in [0.717, 1.165) is 27.8 Å². The van der Waals surface area contributed by atoms with Crippen molar-refractivity contribution >= 4 is 10.8 Å². The van der Waals surface area contributed by atoms with Crippen LogP contribution >= 0.6 is 0 Å². The van der Waals surface area contributed by atoms with Crippen LogP contribution in [0, 0.1) is 5.82 Å². The summed E-state index contributed by atoms with van der Waals surface area (Å²) in [5.74, 6) is 0.706. The Morgan fingerprint density at radius 3 is 2.43 bits per heavy atom. The van der Waals surface area contributed by atoms with E-state index >= 15 is 0 Å². The number of fused-ring (bicyclic) bond motifs is 1. The summed E-state index contributed by atoms with van der Waals surface area (Å²) in [6, 6.07) is 17.6. The van der Waals surface area contributed by atoms with Crippen LogP contribution in [0.1, 0.15) is 12.5 Å². The highest BCUT2D eigenvalue weighted by atomic mass is 19.1. The highest BCUT2D eigenvalue weighted by Gasteiger charge is 2.07. The Morgan fingerprint density at radius 2 is 1.74 bits per heavy atom.